The summed E-state index contributed by atoms with van der Waals surface area (Å²) < 4.78 is 38.6. The Labute approximate surface area is 130 Å². The van der Waals surface area contributed by atoms with Crippen LogP contribution in [0.4, 0.5) is 25.0 Å². The first-order valence-electron chi connectivity index (χ1n) is 7.06. The summed E-state index contributed by atoms with van der Waals surface area (Å²) in [5, 5.41) is 0. The van der Waals surface area contributed by atoms with Gasteiger partial charge in [0.05, 0.1) is 25.4 Å². The minimum Gasteiger partial charge on any atom is -0.434 e. The molecule has 0 aliphatic carbocycles. The van der Waals surface area contributed by atoms with Crippen LogP contribution >= 0.6 is 0 Å². The maximum atomic E-state index is 14.3. The number of hydrogen-bond acceptors (Lipinski definition) is 5. The van der Waals surface area contributed by atoms with Crippen LogP contribution in [-0.2, 0) is 14.3 Å². The zero-order chi connectivity index (χ0) is 16.6. The normalized spacial score (nSPS) is 21.5. The number of amides is 2. The second-order valence-electron chi connectivity index (χ2n) is 5.24. The van der Waals surface area contributed by atoms with E-state index in [0.717, 1.165) is 17.0 Å². The second kappa shape index (κ2) is 5.99. The van der Waals surface area contributed by atoms with E-state index in [1.807, 2.05) is 0 Å². The summed E-state index contributed by atoms with van der Waals surface area (Å²) in [4.78, 5) is 25.3. The summed E-state index contributed by atoms with van der Waals surface area (Å²) in [6.07, 6.45) is -2.00. The highest BCUT2D eigenvalue weighted by atomic mass is 19.1. The van der Waals surface area contributed by atoms with Gasteiger partial charge in [-0.05, 0) is 0 Å². The molecule has 1 atom stereocenters. The molecule has 1 aromatic rings. The van der Waals surface area contributed by atoms with E-state index in [2.05, 4.69) is 0 Å². The highest BCUT2D eigenvalue weighted by Crippen LogP contribution is 2.31. The van der Waals surface area contributed by atoms with Gasteiger partial charge in [0, 0.05) is 25.2 Å². The Balaban J connectivity index is 1.88. The molecule has 0 spiro atoms. The number of rotatable bonds is 3. The van der Waals surface area contributed by atoms with Crippen LogP contribution in [0.1, 0.15) is 0 Å². The molecule has 2 heterocycles. The molecule has 2 aliphatic heterocycles. The standard InChI is InChI=1S/C14H15F2N3O4/c15-9-5-8(19-7-11(13(17)20)23-14(19)21)6-10(16)12(9)18-1-3-22-4-2-18/h5-6,11H,1-4,7H2,(H2,17,20)/t11-/m1/s1. The van der Waals surface area contributed by atoms with Crippen molar-refractivity contribution in [2.75, 3.05) is 42.6 Å². The van der Waals surface area contributed by atoms with Crippen molar-refractivity contribution in [3.8, 4) is 0 Å². The number of halogens is 2. The molecule has 1 aromatic carbocycles. The zero-order valence-corrected chi connectivity index (χ0v) is 12.1. The van der Waals surface area contributed by atoms with Gasteiger partial charge in [-0.3, -0.25) is 9.69 Å². The number of anilines is 2. The Morgan fingerprint density at radius 1 is 1.22 bits per heavy atom. The fourth-order valence-electron chi connectivity index (χ4n) is 2.62. The minimum absolute atomic E-state index is 0.0224. The summed E-state index contributed by atoms with van der Waals surface area (Å²) in [6.45, 7) is 1.36. The van der Waals surface area contributed by atoms with Crippen molar-refractivity contribution in [3.63, 3.8) is 0 Å². The highest BCUT2D eigenvalue weighted by Gasteiger charge is 2.36. The van der Waals surface area contributed by atoms with Gasteiger partial charge >= 0.3 is 6.09 Å². The summed E-state index contributed by atoms with van der Waals surface area (Å²) in [5.74, 6) is -2.40. The molecular formula is C14H15F2N3O4. The van der Waals surface area contributed by atoms with Crippen LogP contribution in [0.25, 0.3) is 0 Å². The van der Waals surface area contributed by atoms with Crippen LogP contribution in [0.2, 0.25) is 0 Å². The van der Waals surface area contributed by atoms with Crippen LogP contribution in [0.15, 0.2) is 12.1 Å². The van der Waals surface area contributed by atoms with Crippen LogP contribution in [0, 0.1) is 11.6 Å². The average molecular weight is 327 g/mol. The molecule has 9 heteroatoms. The lowest BCUT2D eigenvalue weighted by Crippen LogP contribution is -2.37. The third kappa shape index (κ3) is 2.91. The number of nitrogens with zero attached hydrogens (tertiary/aromatic N) is 2. The summed E-state index contributed by atoms with van der Waals surface area (Å²) in [7, 11) is 0. The molecule has 7 nitrogen and oxygen atoms in total. The van der Waals surface area contributed by atoms with Crippen molar-refractivity contribution in [1.82, 2.24) is 0 Å². The van der Waals surface area contributed by atoms with Gasteiger partial charge in [0.25, 0.3) is 5.91 Å². The van der Waals surface area contributed by atoms with Gasteiger partial charge in [0.1, 0.15) is 5.69 Å². The molecule has 0 radical (unpaired) electrons. The lowest BCUT2D eigenvalue weighted by Gasteiger charge is -2.29. The van der Waals surface area contributed by atoms with E-state index in [0.29, 0.717) is 26.3 Å². The first-order chi connectivity index (χ1) is 11.0. The van der Waals surface area contributed by atoms with E-state index in [4.69, 9.17) is 15.2 Å². The second-order valence-corrected chi connectivity index (χ2v) is 5.24. The van der Waals surface area contributed by atoms with E-state index in [9.17, 15) is 18.4 Å². The van der Waals surface area contributed by atoms with E-state index >= 15 is 0 Å². The van der Waals surface area contributed by atoms with Crippen molar-refractivity contribution in [2.24, 2.45) is 5.73 Å². The first kappa shape index (κ1) is 15.5. The van der Waals surface area contributed by atoms with E-state index in [-0.39, 0.29) is 17.9 Å². The van der Waals surface area contributed by atoms with Crippen molar-refractivity contribution >= 4 is 23.4 Å². The molecule has 0 saturated carbocycles. The summed E-state index contributed by atoms with van der Waals surface area (Å²) in [6, 6.07) is 2.08. The Hall–Kier alpha value is -2.42. The number of cyclic esters (lactones) is 1. The quantitative estimate of drug-likeness (QED) is 0.879. The fourth-order valence-corrected chi connectivity index (χ4v) is 2.62. The van der Waals surface area contributed by atoms with Crippen LogP contribution in [0.5, 0.6) is 0 Å². The SMILES string of the molecule is NC(=O)[C@H]1CN(c2cc(F)c(N3CCOCC3)c(F)c2)C(=O)O1. The number of nitrogens with two attached hydrogens (primary N) is 1. The van der Waals surface area contributed by atoms with Gasteiger partial charge in [-0.2, -0.15) is 0 Å². The molecule has 124 valence electrons. The smallest absolute Gasteiger partial charge is 0.415 e. The Morgan fingerprint density at radius 2 is 1.83 bits per heavy atom. The third-order valence-electron chi connectivity index (χ3n) is 3.77. The van der Waals surface area contributed by atoms with Gasteiger partial charge in [-0.15, -0.1) is 0 Å². The predicted molar refractivity (Wildman–Crippen MR) is 76.2 cm³/mol. The monoisotopic (exact) mass is 327 g/mol. The van der Waals surface area contributed by atoms with Gasteiger partial charge in [0.2, 0.25) is 0 Å². The maximum Gasteiger partial charge on any atom is 0.415 e. The lowest BCUT2D eigenvalue weighted by molar-refractivity contribution is -0.124. The van der Waals surface area contributed by atoms with Crippen LogP contribution < -0.4 is 15.5 Å². The molecule has 0 aromatic heterocycles. The van der Waals surface area contributed by atoms with Gasteiger partial charge in [0.15, 0.2) is 17.7 Å². The number of benzene rings is 1. The topological polar surface area (TPSA) is 85.1 Å². The van der Waals surface area contributed by atoms with Crippen molar-refractivity contribution in [2.45, 2.75) is 6.10 Å². The molecule has 2 fully saturated rings. The van der Waals surface area contributed by atoms with Gasteiger partial charge in [-0.1, -0.05) is 0 Å². The Bertz CT molecular complexity index is 626. The number of carbonyl (C=O) groups excluding carboxylic acids is 2. The van der Waals surface area contributed by atoms with Crippen molar-refractivity contribution in [3.05, 3.63) is 23.8 Å². The average Bonchev–Trinajstić information content (AvgIpc) is 2.90. The number of morpholine rings is 1. The molecular weight excluding hydrogens is 312 g/mol. The molecule has 23 heavy (non-hydrogen) atoms. The summed E-state index contributed by atoms with van der Waals surface area (Å²) >= 11 is 0. The van der Waals surface area contributed by atoms with Gasteiger partial charge < -0.3 is 20.1 Å². The van der Waals surface area contributed by atoms with E-state index < -0.39 is 29.7 Å². The first-order valence-corrected chi connectivity index (χ1v) is 7.06. The third-order valence-corrected chi connectivity index (χ3v) is 3.77. The van der Waals surface area contributed by atoms with E-state index in [1.165, 1.54) is 0 Å². The Morgan fingerprint density at radius 3 is 2.35 bits per heavy atom. The number of ether oxygens (including phenoxy) is 2. The summed E-state index contributed by atoms with van der Waals surface area (Å²) in [5.41, 5.74) is 4.89. The minimum atomic E-state index is -1.13. The molecule has 2 aliphatic rings. The number of primary amides is 1. The van der Waals surface area contributed by atoms with Crippen LogP contribution in [0.3, 0.4) is 0 Å². The number of carbonyl (C=O) groups is 2. The molecule has 3 rings (SSSR count). The molecule has 2 amide bonds. The molecule has 0 bridgehead atoms. The fraction of sp³-hybridized carbons (Fsp3) is 0.429. The maximum absolute atomic E-state index is 14.3. The van der Waals surface area contributed by atoms with Crippen molar-refractivity contribution < 1.29 is 27.8 Å². The van der Waals surface area contributed by atoms with Crippen LogP contribution in [-0.4, -0.2) is 51.0 Å². The van der Waals surface area contributed by atoms with Gasteiger partial charge in [-0.25, -0.2) is 13.6 Å². The number of hydrogen-bond donors (Lipinski definition) is 1. The largest absolute Gasteiger partial charge is 0.434 e. The highest BCUT2D eigenvalue weighted by molar-refractivity contribution is 5.95. The molecule has 0 unspecified atom stereocenters. The molecule has 2 saturated heterocycles. The predicted octanol–water partition coefficient (Wildman–Crippen LogP) is 0.612. The zero-order valence-electron chi connectivity index (χ0n) is 12.1. The Kier molecular flexibility index (Phi) is 4.03. The van der Waals surface area contributed by atoms with Crippen molar-refractivity contribution in [1.29, 1.82) is 0 Å². The van der Waals surface area contributed by atoms with E-state index in [1.54, 1.807) is 4.90 Å². The lowest BCUT2D eigenvalue weighted by atomic mass is 10.2. The molecule has 2 N–H and O–H groups in total.